The molecular formula is C15H18N2O2. The molecule has 1 aromatic rings. The predicted molar refractivity (Wildman–Crippen MR) is 71.1 cm³/mol. The first-order valence-electron chi connectivity index (χ1n) is 6.66. The lowest BCUT2D eigenvalue weighted by Gasteiger charge is -2.21. The van der Waals surface area contributed by atoms with Crippen LogP contribution in [0.5, 0.6) is 0 Å². The average molecular weight is 258 g/mol. The molecule has 0 unspecified atom stereocenters. The summed E-state index contributed by atoms with van der Waals surface area (Å²) < 4.78 is 5.93. The van der Waals surface area contributed by atoms with E-state index < -0.39 is 6.10 Å². The monoisotopic (exact) mass is 258 g/mol. The molecule has 2 rings (SSSR count). The first-order chi connectivity index (χ1) is 9.31. The smallest absolute Gasteiger partial charge is 0.254 e. The van der Waals surface area contributed by atoms with Crippen LogP contribution in [0.25, 0.3) is 0 Å². The lowest BCUT2D eigenvalue weighted by molar-refractivity contribution is -0.136. The largest absolute Gasteiger partial charge is 0.360 e. The highest BCUT2D eigenvalue weighted by molar-refractivity contribution is 5.82. The number of hydrogen-bond donors (Lipinski definition) is 1. The molecule has 0 aliphatic heterocycles. The molecule has 1 N–H and O–H groups in total. The fourth-order valence-corrected chi connectivity index (χ4v) is 2.36. The maximum Gasteiger partial charge on any atom is 0.254 e. The molecule has 4 nitrogen and oxygen atoms in total. The van der Waals surface area contributed by atoms with E-state index >= 15 is 0 Å². The molecule has 1 aliphatic rings. The topological polar surface area (TPSA) is 62.1 Å². The van der Waals surface area contributed by atoms with Gasteiger partial charge in [0.05, 0.1) is 12.2 Å². The van der Waals surface area contributed by atoms with Gasteiger partial charge in [-0.25, -0.2) is 0 Å². The number of carbonyl (C=O) groups excluding carboxylic acids is 1. The van der Waals surface area contributed by atoms with E-state index in [-0.39, 0.29) is 18.6 Å². The van der Waals surface area contributed by atoms with Crippen molar-refractivity contribution in [3.63, 3.8) is 0 Å². The molecule has 0 bridgehead atoms. The molecule has 1 atom stereocenters. The number of benzene rings is 1. The fraction of sp³-hybridized carbons (Fsp3) is 0.467. The van der Waals surface area contributed by atoms with Gasteiger partial charge in [0.15, 0.2) is 6.10 Å². The van der Waals surface area contributed by atoms with Gasteiger partial charge in [0.2, 0.25) is 0 Å². The number of nitrogens with zero attached hydrogens (tertiary/aromatic N) is 1. The second-order valence-electron chi connectivity index (χ2n) is 4.71. The maximum absolute atomic E-state index is 12.1. The quantitative estimate of drug-likeness (QED) is 0.824. The van der Waals surface area contributed by atoms with Crippen molar-refractivity contribution in [3.05, 3.63) is 35.9 Å². The van der Waals surface area contributed by atoms with E-state index in [1.165, 1.54) is 0 Å². The average Bonchev–Trinajstić information content (AvgIpc) is 2.96. The van der Waals surface area contributed by atoms with Gasteiger partial charge in [0, 0.05) is 0 Å². The third-order valence-corrected chi connectivity index (χ3v) is 3.31. The van der Waals surface area contributed by atoms with Crippen molar-refractivity contribution in [1.82, 2.24) is 5.32 Å². The Bertz CT molecular complexity index is 447. The molecule has 19 heavy (non-hydrogen) atoms. The summed E-state index contributed by atoms with van der Waals surface area (Å²) in [5.41, 5.74) is 0.838. The van der Waals surface area contributed by atoms with Crippen LogP contribution in [-0.4, -0.2) is 18.6 Å². The summed E-state index contributed by atoms with van der Waals surface area (Å²) in [7, 11) is 0. The Morgan fingerprint density at radius 1 is 1.37 bits per heavy atom. The molecule has 1 saturated carbocycles. The second kappa shape index (κ2) is 6.91. The fourth-order valence-electron chi connectivity index (χ4n) is 2.36. The Kier molecular flexibility index (Phi) is 4.93. The molecule has 1 amide bonds. The Balaban J connectivity index is 2.08. The van der Waals surface area contributed by atoms with Gasteiger partial charge in [0.1, 0.15) is 6.54 Å². The zero-order valence-electron chi connectivity index (χ0n) is 10.8. The summed E-state index contributed by atoms with van der Waals surface area (Å²) in [6, 6.07) is 11.4. The molecule has 4 heteroatoms. The van der Waals surface area contributed by atoms with E-state index in [0.717, 1.165) is 31.2 Å². The Morgan fingerprint density at radius 3 is 2.68 bits per heavy atom. The minimum absolute atomic E-state index is 0.0101. The molecular weight excluding hydrogens is 240 g/mol. The van der Waals surface area contributed by atoms with E-state index in [2.05, 4.69) is 5.32 Å². The standard InChI is InChI=1S/C15H18N2O2/c16-10-11-17-15(18)14(12-6-2-1-3-7-12)19-13-8-4-5-9-13/h1-3,6-7,13-14H,4-5,8-9,11H2,(H,17,18)/t14-/m1/s1. The Labute approximate surface area is 113 Å². The first-order valence-corrected chi connectivity index (χ1v) is 6.66. The van der Waals surface area contributed by atoms with Gasteiger partial charge < -0.3 is 10.1 Å². The van der Waals surface area contributed by atoms with Gasteiger partial charge in [-0.1, -0.05) is 43.2 Å². The SMILES string of the molecule is N#CCNC(=O)[C@H](OC1CCCC1)c1ccccc1. The van der Waals surface area contributed by atoms with Crippen molar-refractivity contribution in [2.75, 3.05) is 6.54 Å². The number of rotatable bonds is 5. The third-order valence-electron chi connectivity index (χ3n) is 3.31. The zero-order valence-corrected chi connectivity index (χ0v) is 10.8. The van der Waals surface area contributed by atoms with Crippen LogP contribution in [0.3, 0.4) is 0 Å². The number of nitriles is 1. The maximum atomic E-state index is 12.1. The molecule has 0 spiro atoms. The van der Waals surface area contributed by atoms with Gasteiger partial charge >= 0.3 is 0 Å². The van der Waals surface area contributed by atoms with Crippen molar-refractivity contribution in [1.29, 1.82) is 5.26 Å². The van der Waals surface area contributed by atoms with Gasteiger partial charge in [-0.3, -0.25) is 4.79 Å². The van der Waals surface area contributed by atoms with Crippen molar-refractivity contribution in [2.24, 2.45) is 0 Å². The summed E-state index contributed by atoms with van der Waals surface area (Å²) in [5.74, 6) is -0.236. The van der Waals surface area contributed by atoms with Crippen molar-refractivity contribution < 1.29 is 9.53 Å². The highest BCUT2D eigenvalue weighted by Gasteiger charge is 2.26. The predicted octanol–water partition coefficient (Wildman–Crippen LogP) is 2.33. The van der Waals surface area contributed by atoms with Gasteiger partial charge in [0.25, 0.3) is 5.91 Å². The molecule has 1 aromatic carbocycles. The number of nitrogens with one attached hydrogen (secondary N) is 1. The minimum atomic E-state index is -0.613. The van der Waals surface area contributed by atoms with E-state index in [1.807, 2.05) is 36.4 Å². The van der Waals surface area contributed by atoms with Crippen LogP contribution in [0.4, 0.5) is 0 Å². The minimum Gasteiger partial charge on any atom is -0.360 e. The Hall–Kier alpha value is -1.86. The van der Waals surface area contributed by atoms with E-state index in [1.54, 1.807) is 0 Å². The normalized spacial score (nSPS) is 16.8. The van der Waals surface area contributed by atoms with Gasteiger partial charge in [-0.05, 0) is 18.4 Å². The van der Waals surface area contributed by atoms with Crippen molar-refractivity contribution in [2.45, 2.75) is 37.9 Å². The molecule has 0 aromatic heterocycles. The van der Waals surface area contributed by atoms with Crippen LogP contribution in [0, 0.1) is 11.3 Å². The molecule has 1 aliphatic carbocycles. The third kappa shape index (κ3) is 3.80. The van der Waals surface area contributed by atoms with Crippen LogP contribution in [0.2, 0.25) is 0 Å². The second-order valence-corrected chi connectivity index (χ2v) is 4.71. The first kappa shape index (κ1) is 13.6. The number of ether oxygens (including phenoxy) is 1. The highest BCUT2D eigenvalue weighted by Crippen LogP contribution is 2.27. The van der Waals surface area contributed by atoms with Crippen molar-refractivity contribution >= 4 is 5.91 Å². The number of hydrogen-bond acceptors (Lipinski definition) is 3. The Morgan fingerprint density at radius 2 is 2.05 bits per heavy atom. The van der Waals surface area contributed by atoms with Crippen LogP contribution in [0.1, 0.15) is 37.4 Å². The molecule has 100 valence electrons. The van der Waals surface area contributed by atoms with Crippen LogP contribution >= 0.6 is 0 Å². The van der Waals surface area contributed by atoms with E-state index in [4.69, 9.17) is 10.00 Å². The van der Waals surface area contributed by atoms with Crippen molar-refractivity contribution in [3.8, 4) is 6.07 Å². The summed E-state index contributed by atoms with van der Waals surface area (Å²) in [5, 5.41) is 11.1. The summed E-state index contributed by atoms with van der Waals surface area (Å²) in [6.45, 7) is 0.0101. The zero-order chi connectivity index (χ0) is 13.5. The molecule has 0 radical (unpaired) electrons. The van der Waals surface area contributed by atoms with Gasteiger partial charge in [-0.2, -0.15) is 5.26 Å². The van der Waals surface area contributed by atoms with Gasteiger partial charge in [-0.15, -0.1) is 0 Å². The summed E-state index contributed by atoms with van der Waals surface area (Å²) >= 11 is 0. The molecule has 1 fully saturated rings. The highest BCUT2D eigenvalue weighted by atomic mass is 16.5. The van der Waals surface area contributed by atoms with Crippen LogP contribution in [0.15, 0.2) is 30.3 Å². The number of amides is 1. The summed E-state index contributed by atoms with van der Waals surface area (Å²) in [6.07, 6.45) is 3.87. The molecule has 0 heterocycles. The van der Waals surface area contributed by atoms with Crippen LogP contribution < -0.4 is 5.32 Å². The van der Waals surface area contributed by atoms with E-state index in [9.17, 15) is 4.79 Å². The number of carbonyl (C=O) groups is 1. The van der Waals surface area contributed by atoms with E-state index in [0.29, 0.717) is 0 Å². The summed E-state index contributed by atoms with van der Waals surface area (Å²) in [4.78, 5) is 12.1. The molecule has 0 saturated heterocycles. The van der Waals surface area contributed by atoms with Crippen LogP contribution in [-0.2, 0) is 9.53 Å². The lowest BCUT2D eigenvalue weighted by atomic mass is 10.1. The lowest BCUT2D eigenvalue weighted by Crippen LogP contribution is -2.32.